The maximum absolute atomic E-state index is 13.4. The van der Waals surface area contributed by atoms with Gasteiger partial charge in [0, 0.05) is 34.3 Å². The smallest absolute Gasteiger partial charge is 0.307 e. The van der Waals surface area contributed by atoms with Gasteiger partial charge in [-0.05, 0) is 101 Å². The zero-order valence-electron chi connectivity index (χ0n) is 24.0. The highest BCUT2D eigenvalue weighted by molar-refractivity contribution is 7.92. The van der Waals surface area contributed by atoms with Gasteiger partial charge in [-0.3, -0.25) is 9.10 Å². The third kappa shape index (κ3) is 5.56. The van der Waals surface area contributed by atoms with E-state index in [1.807, 2.05) is 46.8 Å². The number of carbonyl (C=O) groups is 1. The summed E-state index contributed by atoms with van der Waals surface area (Å²) in [6.45, 7) is 10.9. The number of anilines is 1. The second-order valence-corrected chi connectivity index (χ2v) is 14.4. The highest BCUT2D eigenvalue weighted by atomic mass is 35.5. The van der Waals surface area contributed by atoms with Crippen molar-refractivity contribution in [3.63, 3.8) is 0 Å². The van der Waals surface area contributed by atoms with Crippen LogP contribution in [0, 0.1) is 13.8 Å². The molecule has 0 unspecified atom stereocenters. The molecule has 1 aromatic heterocycles. The number of nitrogens with one attached hydrogen (secondary N) is 1. The van der Waals surface area contributed by atoms with Crippen LogP contribution in [0.3, 0.4) is 0 Å². The normalized spacial score (nSPS) is 17.5. The van der Waals surface area contributed by atoms with E-state index in [0.29, 0.717) is 46.6 Å². The SMILES string of the molecule is Cc1c(CC(=O)O)c(-c2ccc(Cl)cc2OC(C)(C)C)c2cc(C)n3c2c1N(S(C)(=O)=O)[C@@H](CCNC1CC1)C3. The molecule has 2 aromatic carbocycles. The van der Waals surface area contributed by atoms with Crippen LogP contribution in [0.25, 0.3) is 22.0 Å². The summed E-state index contributed by atoms with van der Waals surface area (Å²) in [4.78, 5) is 12.3. The zero-order valence-corrected chi connectivity index (χ0v) is 25.5. The minimum absolute atomic E-state index is 0.266. The Bertz CT molecular complexity index is 1600. The predicted octanol–water partition coefficient (Wildman–Crippen LogP) is 5.67. The van der Waals surface area contributed by atoms with E-state index in [1.54, 1.807) is 16.4 Å². The van der Waals surface area contributed by atoms with Crippen molar-refractivity contribution in [3.05, 3.63) is 46.1 Å². The average Bonchev–Trinajstić information content (AvgIpc) is 3.58. The number of rotatable bonds is 9. The van der Waals surface area contributed by atoms with Crippen LogP contribution in [0.5, 0.6) is 5.75 Å². The third-order valence-electron chi connectivity index (χ3n) is 7.66. The van der Waals surface area contributed by atoms with Gasteiger partial charge in [0.05, 0.1) is 29.9 Å². The van der Waals surface area contributed by atoms with E-state index >= 15 is 0 Å². The summed E-state index contributed by atoms with van der Waals surface area (Å²) in [7, 11) is -3.67. The number of hydrogen-bond donors (Lipinski definition) is 2. The van der Waals surface area contributed by atoms with E-state index in [0.717, 1.165) is 47.1 Å². The van der Waals surface area contributed by atoms with Crippen molar-refractivity contribution in [2.45, 2.75) is 84.5 Å². The number of aliphatic carboxylic acids is 1. The molecule has 216 valence electrons. The molecule has 8 nitrogen and oxygen atoms in total. The number of aryl methyl sites for hydroxylation is 1. The summed E-state index contributed by atoms with van der Waals surface area (Å²) in [5.41, 5.74) is 4.51. The lowest BCUT2D eigenvalue weighted by Crippen LogP contribution is -2.47. The molecule has 0 radical (unpaired) electrons. The van der Waals surface area contributed by atoms with Crippen molar-refractivity contribution in [3.8, 4) is 16.9 Å². The Morgan fingerprint density at radius 2 is 1.90 bits per heavy atom. The van der Waals surface area contributed by atoms with Gasteiger partial charge < -0.3 is 19.7 Å². The van der Waals surface area contributed by atoms with Crippen LogP contribution in [0.15, 0.2) is 24.3 Å². The molecule has 3 aromatic rings. The molecule has 1 saturated carbocycles. The maximum atomic E-state index is 13.4. The lowest BCUT2D eigenvalue weighted by atomic mass is 9.88. The number of nitrogens with zero attached hydrogens (tertiary/aromatic N) is 2. The molecule has 1 aliphatic carbocycles. The van der Waals surface area contributed by atoms with E-state index in [1.165, 1.54) is 6.26 Å². The topological polar surface area (TPSA) is 101 Å². The van der Waals surface area contributed by atoms with Crippen LogP contribution in [-0.4, -0.2) is 54.5 Å². The van der Waals surface area contributed by atoms with E-state index in [2.05, 4.69) is 9.88 Å². The highest BCUT2D eigenvalue weighted by Gasteiger charge is 2.38. The standard InChI is InChI=1S/C30H38ClN3O5S/c1-17-13-24-27(22-10-7-19(31)14-25(22)39-30(3,4)5)23(15-26(35)36)18(2)28-29(24)33(17)16-21(34(28)40(6,37)38)11-12-32-20-8-9-20/h7,10,13-14,20-21,32H,8-9,11-12,15-16H2,1-6H3,(H,35,36)/t21-/m0/s1. The first-order chi connectivity index (χ1) is 18.7. The van der Waals surface area contributed by atoms with E-state index < -0.39 is 21.6 Å². The lowest BCUT2D eigenvalue weighted by molar-refractivity contribution is -0.136. The Balaban J connectivity index is 1.80. The van der Waals surface area contributed by atoms with Gasteiger partial charge in [0.2, 0.25) is 10.0 Å². The van der Waals surface area contributed by atoms with Crippen LogP contribution in [-0.2, 0) is 27.8 Å². The third-order valence-corrected chi connectivity index (χ3v) is 9.09. The number of sulfonamides is 1. The van der Waals surface area contributed by atoms with Gasteiger partial charge in [-0.15, -0.1) is 0 Å². The van der Waals surface area contributed by atoms with Crippen molar-refractivity contribution < 1.29 is 23.1 Å². The van der Waals surface area contributed by atoms with Crippen molar-refractivity contribution in [1.29, 1.82) is 0 Å². The van der Waals surface area contributed by atoms with Crippen molar-refractivity contribution >= 4 is 44.2 Å². The molecule has 1 aliphatic heterocycles. The first kappa shape index (κ1) is 28.8. The Labute approximate surface area is 241 Å². The van der Waals surface area contributed by atoms with Gasteiger partial charge in [0.25, 0.3) is 0 Å². The molecule has 40 heavy (non-hydrogen) atoms. The van der Waals surface area contributed by atoms with Gasteiger partial charge in [0.1, 0.15) is 11.4 Å². The minimum Gasteiger partial charge on any atom is -0.487 e. The fourth-order valence-electron chi connectivity index (χ4n) is 5.95. The molecule has 1 fully saturated rings. The maximum Gasteiger partial charge on any atom is 0.307 e. The summed E-state index contributed by atoms with van der Waals surface area (Å²) in [6, 6.07) is 7.66. The number of benzene rings is 2. The van der Waals surface area contributed by atoms with E-state index in [9.17, 15) is 18.3 Å². The number of halogens is 1. The average molecular weight is 588 g/mol. The van der Waals surface area contributed by atoms with Crippen molar-refractivity contribution in [1.82, 2.24) is 9.88 Å². The molecular formula is C30H38ClN3O5S. The van der Waals surface area contributed by atoms with Gasteiger partial charge in [0.15, 0.2) is 0 Å². The van der Waals surface area contributed by atoms with Crippen LogP contribution >= 0.6 is 11.6 Å². The minimum atomic E-state index is -3.67. The number of aromatic nitrogens is 1. The van der Waals surface area contributed by atoms with Gasteiger partial charge in [-0.1, -0.05) is 11.6 Å². The monoisotopic (exact) mass is 587 g/mol. The molecule has 1 atom stereocenters. The number of hydrogen-bond acceptors (Lipinski definition) is 5. The van der Waals surface area contributed by atoms with Gasteiger partial charge in [-0.25, -0.2) is 8.42 Å². The number of ether oxygens (including phenoxy) is 1. The Kier molecular flexibility index (Phi) is 7.38. The molecule has 2 N–H and O–H groups in total. The molecule has 0 amide bonds. The molecule has 10 heteroatoms. The van der Waals surface area contributed by atoms with E-state index in [-0.39, 0.29) is 12.5 Å². The summed E-state index contributed by atoms with van der Waals surface area (Å²) in [6.07, 6.45) is 3.94. The second-order valence-electron chi connectivity index (χ2n) is 12.1. The number of carboxylic acids is 1. The van der Waals surface area contributed by atoms with E-state index in [4.69, 9.17) is 16.3 Å². The molecular weight excluding hydrogens is 550 g/mol. The summed E-state index contributed by atoms with van der Waals surface area (Å²) in [5, 5.41) is 14.8. The fraction of sp³-hybridized carbons (Fsp3) is 0.500. The zero-order chi connectivity index (χ0) is 29.1. The fourth-order valence-corrected chi connectivity index (χ4v) is 7.38. The molecule has 2 heterocycles. The van der Waals surface area contributed by atoms with Crippen LogP contribution in [0.2, 0.25) is 5.02 Å². The number of carboxylic acid groups (broad SMARTS) is 1. The van der Waals surface area contributed by atoms with Crippen molar-refractivity contribution in [2.24, 2.45) is 0 Å². The molecule has 2 aliphatic rings. The summed E-state index contributed by atoms with van der Waals surface area (Å²) in [5.74, 6) is -0.447. The van der Waals surface area contributed by atoms with Crippen LogP contribution < -0.4 is 14.4 Å². The largest absolute Gasteiger partial charge is 0.487 e. The molecule has 0 saturated heterocycles. The molecule has 0 bridgehead atoms. The first-order valence-corrected chi connectivity index (χ1v) is 16.0. The first-order valence-electron chi connectivity index (χ1n) is 13.7. The highest BCUT2D eigenvalue weighted by Crippen LogP contribution is 2.49. The van der Waals surface area contributed by atoms with Crippen LogP contribution in [0.4, 0.5) is 5.69 Å². The predicted molar refractivity (Wildman–Crippen MR) is 160 cm³/mol. The van der Waals surface area contributed by atoms with Crippen LogP contribution in [0.1, 0.15) is 56.9 Å². The van der Waals surface area contributed by atoms with Gasteiger partial charge >= 0.3 is 5.97 Å². The Morgan fingerprint density at radius 1 is 1.20 bits per heavy atom. The molecule has 0 spiro atoms. The summed E-state index contributed by atoms with van der Waals surface area (Å²) >= 11 is 6.39. The summed E-state index contributed by atoms with van der Waals surface area (Å²) < 4.78 is 36.9. The quantitative estimate of drug-likeness (QED) is 0.334. The van der Waals surface area contributed by atoms with Crippen molar-refractivity contribution in [2.75, 3.05) is 17.1 Å². The Morgan fingerprint density at radius 3 is 2.50 bits per heavy atom. The second kappa shape index (κ2) is 10.3. The lowest BCUT2D eigenvalue weighted by Gasteiger charge is -2.39. The van der Waals surface area contributed by atoms with Gasteiger partial charge in [-0.2, -0.15) is 0 Å². The molecule has 5 rings (SSSR count). The Hall–Kier alpha value is -2.75.